The highest BCUT2D eigenvalue weighted by Gasteiger charge is 2.31. The van der Waals surface area contributed by atoms with Gasteiger partial charge in [0.15, 0.2) is 0 Å². The second kappa shape index (κ2) is 6.91. The van der Waals surface area contributed by atoms with Crippen molar-refractivity contribution in [2.75, 3.05) is 20.1 Å². The molecule has 1 aliphatic heterocycles. The molecule has 0 atom stereocenters. The van der Waals surface area contributed by atoms with E-state index in [-0.39, 0.29) is 11.9 Å². The minimum absolute atomic E-state index is 0.139. The van der Waals surface area contributed by atoms with Crippen molar-refractivity contribution >= 4 is 5.91 Å². The Balaban J connectivity index is 2.00. The molecule has 0 radical (unpaired) electrons. The molecule has 0 aromatic heterocycles. The number of amides is 1. The lowest BCUT2D eigenvalue weighted by atomic mass is 10.0. The molecule has 1 heterocycles. The van der Waals surface area contributed by atoms with Crippen molar-refractivity contribution in [1.29, 1.82) is 0 Å². The van der Waals surface area contributed by atoms with E-state index in [2.05, 4.69) is 18.7 Å². The predicted molar refractivity (Wildman–Crippen MR) is 83.3 cm³/mol. The van der Waals surface area contributed by atoms with E-state index in [1.165, 1.54) is 12.1 Å². The van der Waals surface area contributed by atoms with E-state index in [1.807, 2.05) is 0 Å². The summed E-state index contributed by atoms with van der Waals surface area (Å²) < 4.78 is 37.7. The minimum atomic E-state index is -4.38. The highest BCUT2D eigenvalue weighted by Crippen LogP contribution is 2.29. The van der Waals surface area contributed by atoms with Gasteiger partial charge in [0.25, 0.3) is 5.91 Å². The Hall–Kier alpha value is -1.56. The fourth-order valence-electron chi connectivity index (χ4n) is 2.96. The molecule has 1 amide bonds. The van der Waals surface area contributed by atoms with E-state index in [0.717, 1.165) is 38.1 Å². The van der Waals surface area contributed by atoms with Gasteiger partial charge in [-0.25, -0.2) is 0 Å². The van der Waals surface area contributed by atoms with E-state index in [0.29, 0.717) is 11.6 Å². The van der Waals surface area contributed by atoms with Crippen molar-refractivity contribution in [3.63, 3.8) is 0 Å². The quantitative estimate of drug-likeness (QED) is 0.845. The Bertz CT molecular complexity index is 532. The molecule has 0 aliphatic carbocycles. The summed E-state index contributed by atoms with van der Waals surface area (Å²) in [7, 11) is 1.73. The highest BCUT2D eigenvalue weighted by atomic mass is 19.4. The highest BCUT2D eigenvalue weighted by molar-refractivity contribution is 5.94. The van der Waals surface area contributed by atoms with Crippen molar-refractivity contribution in [1.82, 2.24) is 9.80 Å². The van der Waals surface area contributed by atoms with Crippen LogP contribution in [0.25, 0.3) is 0 Å². The van der Waals surface area contributed by atoms with Crippen LogP contribution in [0.4, 0.5) is 13.2 Å². The van der Waals surface area contributed by atoms with Gasteiger partial charge in [-0.05, 0) is 51.0 Å². The molecule has 1 aliphatic rings. The first-order valence-corrected chi connectivity index (χ1v) is 7.88. The summed E-state index contributed by atoms with van der Waals surface area (Å²) in [5.41, 5.74) is -0.436. The van der Waals surface area contributed by atoms with Gasteiger partial charge in [-0.3, -0.25) is 4.79 Å². The number of piperidine rings is 1. The fourth-order valence-corrected chi connectivity index (χ4v) is 2.96. The number of hydrogen-bond donors (Lipinski definition) is 0. The first-order chi connectivity index (χ1) is 10.7. The Morgan fingerprint density at radius 3 is 2.13 bits per heavy atom. The van der Waals surface area contributed by atoms with Crippen LogP contribution in [0.5, 0.6) is 0 Å². The summed E-state index contributed by atoms with van der Waals surface area (Å²) in [6, 6.07) is 5.06. The summed E-state index contributed by atoms with van der Waals surface area (Å²) in [6.45, 7) is 6.18. The van der Waals surface area contributed by atoms with Crippen LogP contribution in [-0.4, -0.2) is 47.9 Å². The summed E-state index contributed by atoms with van der Waals surface area (Å²) in [4.78, 5) is 16.5. The molecular weight excluding hydrogens is 305 g/mol. The van der Waals surface area contributed by atoms with Crippen molar-refractivity contribution in [3.8, 4) is 0 Å². The molecule has 128 valence electrons. The van der Waals surface area contributed by atoms with E-state index in [4.69, 9.17) is 0 Å². The molecule has 0 N–H and O–H groups in total. The lowest BCUT2D eigenvalue weighted by Crippen LogP contribution is -2.47. The summed E-state index contributed by atoms with van der Waals surface area (Å²) >= 11 is 0. The van der Waals surface area contributed by atoms with Gasteiger partial charge in [0.05, 0.1) is 5.56 Å². The van der Waals surface area contributed by atoms with Crippen molar-refractivity contribution in [2.45, 2.75) is 44.9 Å². The lowest BCUT2D eigenvalue weighted by Gasteiger charge is -2.38. The number of carbonyl (C=O) groups is 1. The van der Waals surface area contributed by atoms with Crippen LogP contribution in [0.2, 0.25) is 0 Å². The monoisotopic (exact) mass is 328 g/mol. The van der Waals surface area contributed by atoms with Gasteiger partial charge in [0.2, 0.25) is 0 Å². The molecule has 2 rings (SSSR count). The van der Waals surface area contributed by atoms with Gasteiger partial charge >= 0.3 is 6.18 Å². The zero-order chi connectivity index (χ0) is 17.2. The molecule has 0 unspecified atom stereocenters. The first kappa shape index (κ1) is 17.8. The van der Waals surface area contributed by atoms with Crippen LogP contribution in [0.3, 0.4) is 0 Å². The Morgan fingerprint density at radius 2 is 1.70 bits per heavy atom. The summed E-state index contributed by atoms with van der Waals surface area (Å²) in [5, 5.41) is 0. The summed E-state index contributed by atoms with van der Waals surface area (Å²) in [5.74, 6) is -0.221. The third-order valence-corrected chi connectivity index (χ3v) is 4.56. The average molecular weight is 328 g/mol. The van der Waals surface area contributed by atoms with Crippen LogP contribution in [0.1, 0.15) is 42.6 Å². The predicted octanol–water partition coefficient (Wildman–Crippen LogP) is 3.65. The minimum Gasteiger partial charge on any atom is -0.339 e. The maximum absolute atomic E-state index is 12.6. The standard InChI is InChI=1S/C17H23F3N2O/c1-12(2)22-10-8-15(9-11-22)21(3)16(23)13-4-6-14(7-5-13)17(18,19)20/h4-7,12,15H,8-11H2,1-3H3. The van der Waals surface area contributed by atoms with E-state index in [1.54, 1.807) is 11.9 Å². The van der Waals surface area contributed by atoms with Gasteiger partial charge in [0, 0.05) is 37.8 Å². The molecule has 1 saturated heterocycles. The van der Waals surface area contributed by atoms with Crippen LogP contribution in [-0.2, 0) is 6.18 Å². The number of carbonyl (C=O) groups excluding carboxylic acids is 1. The fraction of sp³-hybridized carbons (Fsp3) is 0.588. The number of hydrogen-bond acceptors (Lipinski definition) is 2. The number of rotatable bonds is 3. The van der Waals surface area contributed by atoms with Crippen LogP contribution >= 0.6 is 0 Å². The zero-order valence-electron chi connectivity index (χ0n) is 13.7. The molecule has 1 aromatic rings. The lowest BCUT2D eigenvalue weighted by molar-refractivity contribution is -0.137. The molecule has 0 bridgehead atoms. The summed E-state index contributed by atoms with van der Waals surface area (Å²) in [6.07, 6.45) is -2.60. The third-order valence-electron chi connectivity index (χ3n) is 4.56. The molecule has 1 fully saturated rings. The molecule has 3 nitrogen and oxygen atoms in total. The zero-order valence-corrected chi connectivity index (χ0v) is 13.7. The Morgan fingerprint density at radius 1 is 1.17 bits per heavy atom. The molecule has 23 heavy (non-hydrogen) atoms. The van der Waals surface area contributed by atoms with Crippen molar-refractivity contribution in [2.24, 2.45) is 0 Å². The topological polar surface area (TPSA) is 23.6 Å². The van der Waals surface area contributed by atoms with Crippen LogP contribution in [0, 0.1) is 0 Å². The molecule has 0 saturated carbocycles. The second-order valence-corrected chi connectivity index (χ2v) is 6.35. The first-order valence-electron chi connectivity index (χ1n) is 7.88. The van der Waals surface area contributed by atoms with Gasteiger partial charge in [-0.2, -0.15) is 13.2 Å². The number of nitrogens with zero attached hydrogens (tertiary/aromatic N) is 2. The van der Waals surface area contributed by atoms with Gasteiger partial charge in [-0.1, -0.05) is 0 Å². The normalized spacial score (nSPS) is 17.5. The number of halogens is 3. The molecule has 6 heteroatoms. The number of benzene rings is 1. The Labute approximate surface area is 135 Å². The van der Waals surface area contributed by atoms with Gasteiger partial charge in [0.1, 0.15) is 0 Å². The van der Waals surface area contributed by atoms with E-state index >= 15 is 0 Å². The van der Waals surface area contributed by atoms with Crippen molar-refractivity contribution < 1.29 is 18.0 Å². The number of likely N-dealkylation sites (tertiary alicyclic amines) is 1. The third kappa shape index (κ3) is 4.25. The van der Waals surface area contributed by atoms with E-state index < -0.39 is 11.7 Å². The van der Waals surface area contributed by atoms with E-state index in [9.17, 15) is 18.0 Å². The molecule has 1 aromatic carbocycles. The largest absolute Gasteiger partial charge is 0.416 e. The number of alkyl halides is 3. The average Bonchev–Trinajstić information content (AvgIpc) is 2.53. The van der Waals surface area contributed by atoms with Crippen LogP contribution < -0.4 is 0 Å². The second-order valence-electron chi connectivity index (χ2n) is 6.35. The maximum atomic E-state index is 12.6. The van der Waals surface area contributed by atoms with Crippen LogP contribution in [0.15, 0.2) is 24.3 Å². The smallest absolute Gasteiger partial charge is 0.339 e. The van der Waals surface area contributed by atoms with Gasteiger partial charge < -0.3 is 9.80 Å². The SMILES string of the molecule is CC(C)N1CCC(N(C)C(=O)c2ccc(C(F)(F)F)cc2)CC1. The maximum Gasteiger partial charge on any atom is 0.416 e. The van der Waals surface area contributed by atoms with Crippen molar-refractivity contribution in [3.05, 3.63) is 35.4 Å². The molecule has 0 spiro atoms. The van der Waals surface area contributed by atoms with Gasteiger partial charge in [-0.15, -0.1) is 0 Å². The Kier molecular flexibility index (Phi) is 5.34. The molecular formula is C17H23F3N2O.